The monoisotopic (exact) mass is 253 g/mol. The van der Waals surface area contributed by atoms with Crippen LogP contribution in [-0.4, -0.2) is 58.4 Å². The first-order valence-corrected chi connectivity index (χ1v) is 6.10. The molecule has 2 heterocycles. The largest absolute Gasteiger partial charge is 0.379 e. The summed E-state index contributed by atoms with van der Waals surface area (Å²) < 4.78 is 7.05. The maximum atomic E-state index is 11.9. The molecule has 18 heavy (non-hydrogen) atoms. The topological polar surface area (TPSA) is 72.3 Å². The molecule has 1 aromatic rings. The van der Waals surface area contributed by atoms with Crippen LogP contribution in [0.25, 0.3) is 0 Å². The van der Waals surface area contributed by atoms with Crippen molar-refractivity contribution in [2.24, 2.45) is 7.05 Å². The van der Waals surface area contributed by atoms with E-state index in [0.717, 1.165) is 18.9 Å². The maximum absolute atomic E-state index is 11.9. The fourth-order valence-electron chi connectivity index (χ4n) is 2.00. The molecule has 0 spiro atoms. The summed E-state index contributed by atoms with van der Waals surface area (Å²) in [5, 5.41) is 10.7. The number of nitrogens with zero attached hydrogens (tertiary/aromatic N) is 4. The normalized spacial score (nSPS) is 18.6. The highest BCUT2D eigenvalue weighted by molar-refractivity contribution is 5.78. The Morgan fingerprint density at radius 1 is 1.56 bits per heavy atom. The van der Waals surface area contributed by atoms with E-state index in [4.69, 9.17) is 4.74 Å². The van der Waals surface area contributed by atoms with Crippen molar-refractivity contribution < 1.29 is 9.53 Å². The number of carbonyl (C=O) groups excluding carboxylic acids is 1. The first-order chi connectivity index (χ1) is 8.66. The Balaban J connectivity index is 1.81. The van der Waals surface area contributed by atoms with Gasteiger partial charge in [-0.2, -0.15) is 0 Å². The molecular weight excluding hydrogens is 234 g/mol. The van der Waals surface area contributed by atoms with Gasteiger partial charge in [-0.05, 0) is 6.92 Å². The van der Waals surface area contributed by atoms with Gasteiger partial charge in [0.05, 0.1) is 25.8 Å². The smallest absolute Gasteiger partial charge is 0.234 e. The lowest BCUT2D eigenvalue weighted by atomic mass is 10.3. The molecule has 1 amide bonds. The van der Waals surface area contributed by atoms with Crippen LogP contribution in [-0.2, 0) is 16.6 Å². The zero-order chi connectivity index (χ0) is 13.0. The second kappa shape index (κ2) is 5.92. The number of morpholine rings is 1. The Labute approximate surface area is 106 Å². The van der Waals surface area contributed by atoms with E-state index in [-0.39, 0.29) is 11.9 Å². The summed E-state index contributed by atoms with van der Waals surface area (Å²) in [7, 11) is 1.86. The van der Waals surface area contributed by atoms with Crippen LogP contribution in [0, 0.1) is 0 Å². The molecule has 0 bridgehead atoms. The van der Waals surface area contributed by atoms with E-state index in [1.165, 1.54) is 0 Å². The number of hydrogen-bond acceptors (Lipinski definition) is 5. The Bertz CT molecular complexity index is 400. The average Bonchev–Trinajstić information content (AvgIpc) is 2.76. The average molecular weight is 253 g/mol. The van der Waals surface area contributed by atoms with Crippen LogP contribution in [0.3, 0.4) is 0 Å². The number of rotatable bonds is 4. The van der Waals surface area contributed by atoms with Crippen LogP contribution in [0.2, 0.25) is 0 Å². The summed E-state index contributed by atoms with van der Waals surface area (Å²) in [6.07, 6.45) is 1.62. The standard InChI is InChI=1S/C11H19N5O2/c1-9(11-14-12-8-15(11)2)13-10(17)7-16-3-5-18-6-4-16/h8-9H,3-7H2,1-2H3,(H,13,17). The van der Waals surface area contributed by atoms with Gasteiger partial charge < -0.3 is 14.6 Å². The molecule has 1 saturated heterocycles. The number of nitrogens with one attached hydrogen (secondary N) is 1. The molecule has 0 radical (unpaired) electrons. The summed E-state index contributed by atoms with van der Waals surface area (Å²) >= 11 is 0. The van der Waals surface area contributed by atoms with Gasteiger partial charge in [-0.15, -0.1) is 10.2 Å². The molecule has 7 heteroatoms. The molecule has 2 rings (SSSR count). The van der Waals surface area contributed by atoms with Crippen molar-refractivity contribution in [3.05, 3.63) is 12.2 Å². The van der Waals surface area contributed by atoms with Crippen molar-refractivity contribution in [1.29, 1.82) is 0 Å². The summed E-state index contributed by atoms with van der Waals surface area (Å²) in [5.41, 5.74) is 0. The van der Waals surface area contributed by atoms with E-state index in [9.17, 15) is 4.79 Å². The molecule has 1 aromatic heterocycles. The Hall–Kier alpha value is -1.47. The van der Waals surface area contributed by atoms with Gasteiger partial charge in [0.2, 0.25) is 5.91 Å². The lowest BCUT2D eigenvalue weighted by Crippen LogP contribution is -2.43. The second-order valence-electron chi connectivity index (χ2n) is 4.48. The predicted molar refractivity (Wildman–Crippen MR) is 64.8 cm³/mol. The first kappa shape index (κ1) is 13.0. The maximum Gasteiger partial charge on any atom is 0.234 e. The minimum Gasteiger partial charge on any atom is -0.379 e. The lowest BCUT2D eigenvalue weighted by molar-refractivity contribution is -0.123. The number of carbonyl (C=O) groups is 1. The molecule has 0 saturated carbocycles. The second-order valence-corrected chi connectivity index (χ2v) is 4.48. The van der Waals surface area contributed by atoms with Gasteiger partial charge in [0.1, 0.15) is 6.33 Å². The molecule has 1 aliphatic heterocycles. The van der Waals surface area contributed by atoms with Crippen molar-refractivity contribution in [3.8, 4) is 0 Å². The Morgan fingerprint density at radius 3 is 2.89 bits per heavy atom. The van der Waals surface area contributed by atoms with Crippen molar-refractivity contribution in [1.82, 2.24) is 25.0 Å². The van der Waals surface area contributed by atoms with Crippen molar-refractivity contribution in [3.63, 3.8) is 0 Å². The Kier molecular flexibility index (Phi) is 4.27. The van der Waals surface area contributed by atoms with Gasteiger partial charge in [0.15, 0.2) is 5.82 Å². The van der Waals surface area contributed by atoms with Gasteiger partial charge in [-0.25, -0.2) is 0 Å². The molecule has 1 N–H and O–H groups in total. The van der Waals surface area contributed by atoms with Crippen molar-refractivity contribution in [2.75, 3.05) is 32.8 Å². The predicted octanol–water partition coefficient (Wildman–Crippen LogP) is -0.675. The van der Waals surface area contributed by atoms with Gasteiger partial charge in [-0.3, -0.25) is 9.69 Å². The number of ether oxygens (including phenoxy) is 1. The van der Waals surface area contributed by atoms with Crippen molar-refractivity contribution in [2.45, 2.75) is 13.0 Å². The molecule has 1 aliphatic rings. The molecular formula is C11H19N5O2. The highest BCUT2D eigenvalue weighted by atomic mass is 16.5. The van der Waals surface area contributed by atoms with E-state index >= 15 is 0 Å². The Morgan fingerprint density at radius 2 is 2.28 bits per heavy atom. The number of aromatic nitrogens is 3. The highest BCUT2D eigenvalue weighted by Crippen LogP contribution is 2.07. The third-order valence-corrected chi connectivity index (χ3v) is 2.98. The van der Waals surface area contributed by atoms with Crippen LogP contribution in [0.5, 0.6) is 0 Å². The zero-order valence-electron chi connectivity index (χ0n) is 10.8. The molecule has 1 fully saturated rings. The van der Waals surface area contributed by atoms with Gasteiger partial charge in [-0.1, -0.05) is 0 Å². The summed E-state index contributed by atoms with van der Waals surface area (Å²) in [6, 6.07) is -0.133. The number of hydrogen-bond donors (Lipinski definition) is 1. The van der Waals surface area contributed by atoms with E-state index in [0.29, 0.717) is 19.8 Å². The molecule has 1 unspecified atom stereocenters. The van der Waals surface area contributed by atoms with Gasteiger partial charge >= 0.3 is 0 Å². The molecule has 0 aliphatic carbocycles. The minimum absolute atomic E-state index is 0.00685. The molecule has 100 valence electrons. The number of amides is 1. The molecule has 1 atom stereocenters. The minimum atomic E-state index is -0.133. The van der Waals surface area contributed by atoms with Crippen LogP contribution < -0.4 is 5.32 Å². The summed E-state index contributed by atoms with van der Waals surface area (Å²) in [6.45, 7) is 5.34. The molecule has 7 nitrogen and oxygen atoms in total. The van der Waals surface area contributed by atoms with E-state index in [1.54, 1.807) is 10.9 Å². The quantitative estimate of drug-likeness (QED) is 0.770. The van der Waals surface area contributed by atoms with Crippen LogP contribution >= 0.6 is 0 Å². The fourth-order valence-corrected chi connectivity index (χ4v) is 2.00. The first-order valence-electron chi connectivity index (χ1n) is 6.10. The summed E-state index contributed by atoms with van der Waals surface area (Å²) in [4.78, 5) is 14.0. The van der Waals surface area contributed by atoms with Crippen LogP contribution in [0.15, 0.2) is 6.33 Å². The lowest BCUT2D eigenvalue weighted by Gasteiger charge is -2.26. The zero-order valence-corrected chi connectivity index (χ0v) is 10.8. The van der Waals surface area contributed by atoms with Crippen LogP contribution in [0.1, 0.15) is 18.8 Å². The van der Waals surface area contributed by atoms with E-state index < -0.39 is 0 Å². The van der Waals surface area contributed by atoms with Gasteiger partial charge in [0, 0.05) is 20.1 Å². The molecule has 0 aromatic carbocycles. The highest BCUT2D eigenvalue weighted by Gasteiger charge is 2.17. The van der Waals surface area contributed by atoms with Gasteiger partial charge in [0.25, 0.3) is 0 Å². The van der Waals surface area contributed by atoms with Crippen molar-refractivity contribution >= 4 is 5.91 Å². The fraction of sp³-hybridized carbons (Fsp3) is 0.727. The third kappa shape index (κ3) is 3.27. The van der Waals surface area contributed by atoms with E-state index in [2.05, 4.69) is 20.4 Å². The SMILES string of the molecule is CC(NC(=O)CN1CCOCC1)c1nncn1C. The third-order valence-electron chi connectivity index (χ3n) is 2.98. The summed E-state index contributed by atoms with van der Waals surface area (Å²) in [5.74, 6) is 0.762. The number of aryl methyl sites for hydroxylation is 1. The van der Waals surface area contributed by atoms with E-state index in [1.807, 2.05) is 14.0 Å². The van der Waals surface area contributed by atoms with Crippen LogP contribution in [0.4, 0.5) is 0 Å².